The highest BCUT2D eigenvalue weighted by atomic mass is 16.3. The summed E-state index contributed by atoms with van der Waals surface area (Å²) in [5, 5.41) is 10.0. The maximum absolute atomic E-state index is 11.8. The molecule has 0 aliphatic heterocycles. The zero-order chi connectivity index (χ0) is 15.5. The number of aliphatic hydroxyl groups is 1. The number of rotatable bonds is 4. The molecular weight excluding hydrogens is 266 g/mol. The maximum atomic E-state index is 11.8. The first-order chi connectivity index (χ1) is 9.90. The Morgan fingerprint density at radius 2 is 1.90 bits per heavy atom. The molecule has 5 heteroatoms. The Morgan fingerprint density at radius 3 is 2.48 bits per heavy atom. The van der Waals surface area contributed by atoms with Crippen molar-refractivity contribution < 1.29 is 9.90 Å². The lowest BCUT2D eigenvalue weighted by molar-refractivity contribution is 0.0793. The number of aromatic nitrogens is 1. The van der Waals surface area contributed by atoms with Crippen molar-refractivity contribution in [1.82, 2.24) is 10.4 Å². The van der Waals surface area contributed by atoms with Gasteiger partial charge in [0.05, 0.1) is 22.6 Å². The lowest BCUT2D eigenvalue weighted by Crippen LogP contribution is -2.32. The zero-order valence-electron chi connectivity index (χ0n) is 12.1. The largest absolute Gasteiger partial charge is 0.390 e. The number of nitrogens with zero attached hydrogens (tertiary/aromatic N) is 1. The Labute approximate surface area is 123 Å². The SMILES string of the molecule is CC(C)(O)Cc1nc(-c2ccccc2)ccc1C(=O)NN. The van der Waals surface area contributed by atoms with Crippen LogP contribution in [0.3, 0.4) is 0 Å². The van der Waals surface area contributed by atoms with Crippen LogP contribution in [0.5, 0.6) is 0 Å². The van der Waals surface area contributed by atoms with Gasteiger partial charge in [0.25, 0.3) is 5.91 Å². The van der Waals surface area contributed by atoms with Crippen LogP contribution in [0.1, 0.15) is 29.9 Å². The summed E-state index contributed by atoms with van der Waals surface area (Å²) in [6.45, 7) is 3.35. The topological polar surface area (TPSA) is 88.2 Å². The number of nitrogens with two attached hydrogens (primary N) is 1. The van der Waals surface area contributed by atoms with Crippen LogP contribution < -0.4 is 11.3 Å². The quantitative estimate of drug-likeness (QED) is 0.453. The third-order valence-corrected chi connectivity index (χ3v) is 3.02. The molecule has 0 radical (unpaired) electrons. The number of nitrogens with one attached hydrogen (secondary N) is 1. The Balaban J connectivity index is 2.48. The number of carbonyl (C=O) groups is 1. The van der Waals surface area contributed by atoms with Crippen molar-refractivity contribution in [3.05, 3.63) is 53.7 Å². The van der Waals surface area contributed by atoms with Gasteiger partial charge >= 0.3 is 0 Å². The number of hydrazine groups is 1. The average Bonchev–Trinajstić information content (AvgIpc) is 2.45. The summed E-state index contributed by atoms with van der Waals surface area (Å²) >= 11 is 0. The molecule has 0 atom stereocenters. The Morgan fingerprint density at radius 1 is 1.24 bits per heavy atom. The summed E-state index contributed by atoms with van der Waals surface area (Å²) in [6, 6.07) is 13.1. The highest BCUT2D eigenvalue weighted by Gasteiger charge is 2.20. The van der Waals surface area contributed by atoms with Gasteiger partial charge in [0.2, 0.25) is 0 Å². The van der Waals surface area contributed by atoms with Crippen molar-refractivity contribution >= 4 is 5.91 Å². The predicted octanol–water partition coefficient (Wildman–Crippen LogP) is 1.67. The normalized spacial score (nSPS) is 11.2. The van der Waals surface area contributed by atoms with Crippen LogP contribution in [0.2, 0.25) is 0 Å². The van der Waals surface area contributed by atoms with Gasteiger partial charge in [-0.3, -0.25) is 15.2 Å². The van der Waals surface area contributed by atoms with E-state index in [0.29, 0.717) is 11.3 Å². The Bertz CT molecular complexity index is 634. The predicted molar refractivity (Wildman–Crippen MR) is 81.3 cm³/mol. The van der Waals surface area contributed by atoms with Gasteiger partial charge in [0, 0.05) is 12.0 Å². The van der Waals surface area contributed by atoms with E-state index in [1.165, 1.54) is 0 Å². The molecule has 4 N–H and O–H groups in total. The van der Waals surface area contributed by atoms with E-state index < -0.39 is 11.5 Å². The summed E-state index contributed by atoms with van der Waals surface area (Å²) in [7, 11) is 0. The maximum Gasteiger partial charge on any atom is 0.267 e. The molecule has 0 unspecified atom stereocenters. The van der Waals surface area contributed by atoms with Gasteiger partial charge in [-0.2, -0.15) is 0 Å². The van der Waals surface area contributed by atoms with Gasteiger partial charge in [-0.15, -0.1) is 0 Å². The number of benzene rings is 1. The van der Waals surface area contributed by atoms with Crippen LogP contribution in [-0.2, 0) is 6.42 Å². The summed E-state index contributed by atoms with van der Waals surface area (Å²) in [5.41, 5.74) is 3.74. The molecule has 0 aliphatic rings. The van der Waals surface area contributed by atoms with E-state index in [1.807, 2.05) is 30.3 Å². The fourth-order valence-electron chi connectivity index (χ4n) is 2.10. The van der Waals surface area contributed by atoms with E-state index in [2.05, 4.69) is 10.4 Å². The molecule has 1 aromatic heterocycles. The molecule has 0 bridgehead atoms. The first-order valence-electron chi connectivity index (χ1n) is 6.69. The highest BCUT2D eigenvalue weighted by Crippen LogP contribution is 2.21. The standard InChI is InChI=1S/C16H19N3O2/c1-16(2,21)10-14-12(15(20)19-17)8-9-13(18-14)11-6-4-3-5-7-11/h3-9,21H,10,17H2,1-2H3,(H,19,20). The zero-order valence-corrected chi connectivity index (χ0v) is 12.1. The monoisotopic (exact) mass is 285 g/mol. The molecule has 0 saturated heterocycles. The molecule has 0 spiro atoms. The van der Waals surface area contributed by atoms with Crippen LogP contribution >= 0.6 is 0 Å². The summed E-state index contributed by atoms with van der Waals surface area (Å²) in [4.78, 5) is 16.3. The molecule has 1 aromatic carbocycles. The van der Waals surface area contributed by atoms with Gasteiger partial charge in [0.1, 0.15) is 0 Å². The number of hydrogen-bond donors (Lipinski definition) is 3. The summed E-state index contributed by atoms with van der Waals surface area (Å²) < 4.78 is 0. The van der Waals surface area contributed by atoms with Crippen molar-refractivity contribution in [2.45, 2.75) is 25.9 Å². The van der Waals surface area contributed by atoms with Crippen LogP contribution in [0.15, 0.2) is 42.5 Å². The summed E-state index contributed by atoms with van der Waals surface area (Å²) in [6.07, 6.45) is 0.260. The van der Waals surface area contributed by atoms with Crippen LogP contribution in [0, 0.1) is 0 Å². The Kier molecular flexibility index (Phi) is 4.35. The lowest BCUT2D eigenvalue weighted by Gasteiger charge is -2.19. The third-order valence-electron chi connectivity index (χ3n) is 3.02. The van der Waals surface area contributed by atoms with E-state index in [0.717, 1.165) is 11.3 Å². The molecule has 0 fully saturated rings. The molecule has 110 valence electrons. The van der Waals surface area contributed by atoms with Crippen molar-refractivity contribution in [3.63, 3.8) is 0 Å². The van der Waals surface area contributed by atoms with Gasteiger partial charge in [0.15, 0.2) is 0 Å². The van der Waals surface area contributed by atoms with Gasteiger partial charge in [-0.25, -0.2) is 5.84 Å². The fraction of sp³-hybridized carbons (Fsp3) is 0.250. The second-order valence-electron chi connectivity index (χ2n) is 5.52. The van der Waals surface area contributed by atoms with Crippen LogP contribution in [0.25, 0.3) is 11.3 Å². The lowest BCUT2D eigenvalue weighted by atomic mass is 9.98. The first-order valence-corrected chi connectivity index (χ1v) is 6.69. The molecule has 0 saturated carbocycles. The molecule has 1 amide bonds. The van der Waals surface area contributed by atoms with Gasteiger partial charge < -0.3 is 5.11 Å². The average molecular weight is 285 g/mol. The minimum Gasteiger partial charge on any atom is -0.390 e. The highest BCUT2D eigenvalue weighted by molar-refractivity contribution is 5.95. The molecular formula is C16H19N3O2. The van der Waals surface area contributed by atoms with E-state index in [9.17, 15) is 9.90 Å². The number of nitrogen functional groups attached to an aromatic ring is 1. The molecule has 5 nitrogen and oxygen atoms in total. The van der Waals surface area contributed by atoms with E-state index in [-0.39, 0.29) is 6.42 Å². The van der Waals surface area contributed by atoms with Gasteiger partial charge in [-0.05, 0) is 26.0 Å². The van der Waals surface area contributed by atoms with Crippen molar-refractivity contribution in [1.29, 1.82) is 0 Å². The second kappa shape index (κ2) is 6.03. The molecule has 0 aliphatic carbocycles. The van der Waals surface area contributed by atoms with Gasteiger partial charge in [-0.1, -0.05) is 30.3 Å². The number of pyridine rings is 1. The minimum absolute atomic E-state index is 0.260. The fourth-order valence-corrected chi connectivity index (χ4v) is 2.10. The second-order valence-corrected chi connectivity index (χ2v) is 5.52. The van der Waals surface area contributed by atoms with Crippen molar-refractivity contribution in [2.24, 2.45) is 5.84 Å². The molecule has 2 rings (SSSR count). The van der Waals surface area contributed by atoms with Crippen LogP contribution in [-0.4, -0.2) is 21.6 Å². The minimum atomic E-state index is -0.966. The van der Waals surface area contributed by atoms with E-state index >= 15 is 0 Å². The summed E-state index contributed by atoms with van der Waals surface area (Å²) in [5.74, 6) is 4.78. The smallest absolute Gasteiger partial charge is 0.267 e. The molecule has 2 aromatic rings. The third kappa shape index (κ3) is 3.87. The molecule has 21 heavy (non-hydrogen) atoms. The van der Waals surface area contributed by atoms with E-state index in [1.54, 1.807) is 26.0 Å². The number of carbonyl (C=O) groups excluding carboxylic acids is 1. The number of hydrogen-bond acceptors (Lipinski definition) is 4. The Hall–Kier alpha value is -2.24. The van der Waals surface area contributed by atoms with Crippen molar-refractivity contribution in [2.75, 3.05) is 0 Å². The molecule has 1 heterocycles. The van der Waals surface area contributed by atoms with Crippen molar-refractivity contribution in [3.8, 4) is 11.3 Å². The van der Waals surface area contributed by atoms with E-state index in [4.69, 9.17) is 5.84 Å². The first kappa shape index (κ1) is 15.2. The number of amides is 1. The van der Waals surface area contributed by atoms with Crippen LogP contribution in [0.4, 0.5) is 0 Å².